The van der Waals surface area contributed by atoms with E-state index in [1.807, 2.05) is 0 Å². The highest BCUT2D eigenvalue weighted by atomic mass is 79.9. The molecule has 0 aliphatic heterocycles. The number of carboxylic acid groups (broad SMARTS) is 1. The Labute approximate surface area is 114 Å². The molecule has 0 aliphatic rings. The Morgan fingerprint density at radius 2 is 1.94 bits per heavy atom. The van der Waals surface area contributed by atoms with Gasteiger partial charge in [0.1, 0.15) is 6.04 Å². The first-order valence-electron chi connectivity index (χ1n) is 5.44. The second kappa shape index (κ2) is 6.61. The van der Waals surface area contributed by atoms with Gasteiger partial charge in [-0.1, -0.05) is 15.9 Å². The summed E-state index contributed by atoms with van der Waals surface area (Å²) in [4.78, 5) is 10.4. The molecule has 0 saturated heterocycles. The fraction of sp³-hybridized carbons (Fsp3) is 0.417. The molecule has 0 unspecified atom stereocenters. The van der Waals surface area contributed by atoms with Gasteiger partial charge in [-0.3, -0.25) is 0 Å². The van der Waals surface area contributed by atoms with Crippen LogP contribution in [0.3, 0.4) is 0 Å². The van der Waals surface area contributed by atoms with Crippen LogP contribution in [-0.2, 0) is 4.79 Å². The van der Waals surface area contributed by atoms with E-state index in [9.17, 15) is 9.90 Å². The molecule has 100 valence electrons. The maximum Gasteiger partial charge on any atom is 0.161 e. The van der Waals surface area contributed by atoms with Gasteiger partial charge in [0, 0.05) is 22.4 Å². The second-order valence-corrected chi connectivity index (χ2v) is 4.69. The maximum atomic E-state index is 10.4. The number of carbonyl (C=O) groups is 1. The summed E-state index contributed by atoms with van der Waals surface area (Å²) in [5.41, 5.74) is 4.84. The van der Waals surface area contributed by atoms with Crippen LogP contribution in [0, 0.1) is 0 Å². The van der Waals surface area contributed by atoms with Crippen LogP contribution in [0.25, 0.3) is 0 Å². The number of hydrogen-bond acceptors (Lipinski definition) is 4. The van der Waals surface area contributed by atoms with Crippen LogP contribution in [0.2, 0.25) is 0 Å². The zero-order valence-corrected chi connectivity index (χ0v) is 12.0. The molecule has 0 aromatic heterocycles. The number of ether oxygens (including phenoxy) is 2. The molecule has 3 N–H and O–H groups in total. The predicted molar refractivity (Wildman–Crippen MR) is 67.1 cm³/mol. The molecule has 0 radical (unpaired) electrons. The minimum absolute atomic E-state index is 0.0189. The molecule has 1 atom stereocenters. The first kappa shape index (κ1) is 14.8. The van der Waals surface area contributed by atoms with Gasteiger partial charge in [0.05, 0.1) is 14.2 Å². The van der Waals surface area contributed by atoms with Gasteiger partial charge in [-0.25, -0.2) is 0 Å². The van der Waals surface area contributed by atoms with E-state index >= 15 is 0 Å². The summed E-state index contributed by atoms with van der Waals surface area (Å²) in [6.07, 6.45) is 0.394. The monoisotopic (exact) mass is 317 g/mol. The third kappa shape index (κ3) is 3.61. The van der Waals surface area contributed by atoms with Gasteiger partial charge >= 0.3 is 0 Å². The minimum Gasteiger partial charge on any atom is -0.550 e. The van der Waals surface area contributed by atoms with Gasteiger partial charge < -0.3 is 25.1 Å². The number of quaternary nitrogens is 1. The molecule has 1 rings (SSSR count). The Balaban J connectivity index is 2.97. The van der Waals surface area contributed by atoms with Crippen molar-refractivity contribution in [2.75, 3.05) is 14.2 Å². The van der Waals surface area contributed by atoms with Crippen LogP contribution >= 0.6 is 15.9 Å². The Morgan fingerprint density at radius 1 is 1.39 bits per heavy atom. The summed E-state index contributed by atoms with van der Waals surface area (Å²) in [7, 11) is 3.11. The fourth-order valence-electron chi connectivity index (χ4n) is 1.63. The molecule has 6 heteroatoms. The van der Waals surface area contributed by atoms with Crippen LogP contribution in [0.1, 0.15) is 24.4 Å². The van der Waals surface area contributed by atoms with Crippen molar-refractivity contribution >= 4 is 21.9 Å². The van der Waals surface area contributed by atoms with Gasteiger partial charge in [0.25, 0.3) is 0 Å². The number of rotatable bonds is 6. The van der Waals surface area contributed by atoms with E-state index in [2.05, 4.69) is 21.7 Å². The summed E-state index contributed by atoms with van der Waals surface area (Å²) in [6, 6.07) is 3.43. The summed E-state index contributed by atoms with van der Waals surface area (Å²) < 4.78 is 11.2. The van der Waals surface area contributed by atoms with Gasteiger partial charge in [-0.15, -0.1) is 0 Å². The zero-order chi connectivity index (χ0) is 13.7. The molecule has 5 nitrogen and oxygen atoms in total. The number of aliphatic carboxylic acids is 1. The molecule has 1 aromatic carbocycles. The van der Waals surface area contributed by atoms with Gasteiger partial charge in [-0.2, -0.15) is 0 Å². The average molecular weight is 318 g/mol. The van der Waals surface area contributed by atoms with Gasteiger partial charge in [-0.05, 0) is 18.6 Å². The van der Waals surface area contributed by atoms with E-state index in [1.54, 1.807) is 26.4 Å². The third-order valence-corrected chi connectivity index (χ3v) is 3.33. The average Bonchev–Trinajstić information content (AvgIpc) is 2.35. The molecule has 0 saturated carbocycles. The van der Waals surface area contributed by atoms with E-state index in [-0.39, 0.29) is 12.5 Å². The highest BCUT2D eigenvalue weighted by Crippen LogP contribution is 2.35. The second-order valence-electron chi connectivity index (χ2n) is 3.84. The number of hydrogen-bond donors (Lipinski definition) is 1. The van der Waals surface area contributed by atoms with Crippen molar-refractivity contribution in [3.63, 3.8) is 0 Å². The van der Waals surface area contributed by atoms with Crippen LogP contribution in [0.4, 0.5) is 0 Å². The lowest BCUT2D eigenvalue weighted by Gasteiger charge is -2.15. The quantitative estimate of drug-likeness (QED) is 0.816. The van der Waals surface area contributed by atoms with E-state index in [4.69, 9.17) is 9.47 Å². The SMILES string of the molecule is COc1cc(Br)c([C@H]([NH3+])CCC(=O)[O-])cc1OC. The van der Waals surface area contributed by atoms with Gasteiger partial charge in [0.2, 0.25) is 0 Å². The fourth-order valence-corrected chi connectivity index (χ4v) is 2.28. The summed E-state index contributed by atoms with van der Waals surface area (Å²) in [5, 5.41) is 10.4. The molecule has 0 bridgehead atoms. The topological polar surface area (TPSA) is 86.2 Å². The van der Waals surface area contributed by atoms with E-state index < -0.39 is 5.97 Å². The van der Waals surface area contributed by atoms with Crippen molar-refractivity contribution < 1.29 is 25.1 Å². The Bertz CT molecular complexity index is 436. The van der Waals surface area contributed by atoms with Crippen molar-refractivity contribution in [1.82, 2.24) is 0 Å². The number of benzene rings is 1. The first-order valence-corrected chi connectivity index (χ1v) is 6.23. The smallest absolute Gasteiger partial charge is 0.161 e. The summed E-state index contributed by atoms with van der Waals surface area (Å²) >= 11 is 3.42. The first-order chi connectivity index (χ1) is 8.49. The van der Waals surface area contributed by atoms with Crippen molar-refractivity contribution in [2.24, 2.45) is 0 Å². The summed E-state index contributed by atoms with van der Waals surface area (Å²) in [6.45, 7) is 0. The maximum absolute atomic E-state index is 10.4. The van der Waals surface area contributed by atoms with Crippen LogP contribution in [0.5, 0.6) is 11.5 Å². The molecule has 0 spiro atoms. The van der Waals surface area contributed by atoms with Crippen molar-refractivity contribution in [1.29, 1.82) is 0 Å². The lowest BCUT2D eigenvalue weighted by Crippen LogP contribution is -2.54. The van der Waals surface area contributed by atoms with Gasteiger partial charge in [0.15, 0.2) is 11.5 Å². The van der Waals surface area contributed by atoms with Crippen LogP contribution in [0.15, 0.2) is 16.6 Å². The molecular weight excluding hydrogens is 302 g/mol. The molecule has 0 fully saturated rings. The van der Waals surface area contributed by atoms with Crippen LogP contribution in [-0.4, -0.2) is 20.2 Å². The normalized spacial score (nSPS) is 12.0. The number of halogens is 1. The molecule has 0 aliphatic carbocycles. The molecule has 0 heterocycles. The van der Waals surface area contributed by atoms with Crippen molar-refractivity contribution in [2.45, 2.75) is 18.9 Å². The highest BCUT2D eigenvalue weighted by Gasteiger charge is 2.17. The van der Waals surface area contributed by atoms with Crippen molar-refractivity contribution in [3.05, 3.63) is 22.2 Å². The largest absolute Gasteiger partial charge is 0.550 e. The molecular formula is C12H16BrNO4. The van der Waals surface area contributed by atoms with Crippen molar-refractivity contribution in [3.8, 4) is 11.5 Å². The van der Waals surface area contributed by atoms with E-state index in [0.717, 1.165) is 10.0 Å². The number of carboxylic acids is 1. The van der Waals surface area contributed by atoms with E-state index in [0.29, 0.717) is 17.9 Å². The highest BCUT2D eigenvalue weighted by molar-refractivity contribution is 9.10. The lowest BCUT2D eigenvalue weighted by molar-refractivity contribution is -0.429. The number of carbonyl (C=O) groups excluding carboxylic acids is 1. The zero-order valence-electron chi connectivity index (χ0n) is 10.4. The molecule has 1 aromatic rings. The standard InChI is InChI=1S/C12H16BrNO4/c1-17-10-5-7(8(13)6-11(10)18-2)9(14)3-4-12(15)16/h5-6,9H,3-4,14H2,1-2H3,(H,15,16)/t9-/m1/s1. The van der Waals surface area contributed by atoms with Crippen LogP contribution < -0.4 is 20.3 Å². The van der Waals surface area contributed by atoms with E-state index in [1.165, 1.54) is 0 Å². The lowest BCUT2D eigenvalue weighted by atomic mass is 10.0. The minimum atomic E-state index is -1.07. The Kier molecular flexibility index (Phi) is 5.43. The Morgan fingerprint density at radius 3 is 2.44 bits per heavy atom. The summed E-state index contributed by atoms with van der Waals surface area (Å²) in [5.74, 6) is 0.137. The third-order valence-electron chi connectivity index (χ3n) is 2.64. The molecule has 18 heavy (non-hydrogen) atoms. The molecule has 0 amide bonds. The predicted octanol–water partition coefficient (Wildman–Crippen LogP) is 0.279. The number of methoxy groups -OCH3 is 2. The Hall–Kier alpha value is -1.27.